The molecule has 0 aliphatic heterocycles. The molecule has 0 unspecified atom stereocenters. The van der Waals surface area contributed by atoms with E-state index in [1.807, 2.05) is 24.3 Å². The fourth-order valence-electron chi connectivity index (χ4n) is 1.58. The lowest BCUT2D eigenvalue weighted by Gasteiger charge is -1.96. The van der Waals surface area contributed by atoms with Crippen molar-refractivity contribution in [1.29, 1.82) is 0 Å². The lowest BCUT2D eigenvalue weighted by molar-refractivity contribution is 0.0697. The summed E-state index contributed by atoms with van der Waals surface area (Å²) in [6.45, 7) is 0. The zero-order valence-electron chi connectivity index (χ0n) is 11.4. The molecule has 3 heteroatoms. The van der Waals surface area contributed by atoms with E-state index in [9.17, 15) is 4.79 Å². The fourth-order valence-corrected chi connectivity index (χ4v) is 1.58. The van der Waals surface area contributed by atoms with Crippen molar-refractivity contribution in [2.75, 3.05) is 7.11 Å². The van der Waals surface area contributed by atoms with Gasteiger partial charge in [-0.25, -0.2) is 4.79 Å². The lowest BCUT2D eigenvalue weighted by atomic mass is 10.1. The van der Waals surface area contributed by atoms with Crippen LogP contribution in [-0.2, 0) is 0 Å². The normalized spacial score (nSPS) is 8.81. The van der Waals surface area contributed by atoms with Crippen LogP contribution in [0.5, 0.6) is 5.75 Å². The monoisotopic (exact) mass is 276 g/mol. The van der Waals surface area contributed by atoms with Crippen molar-refractivity contribution in [3.8, 4) is 29.4 Å². The first-order valence-corrected chi connectivity index (χ1v) is 6.18. The van der Waals surface area contributed by atoms with E-state index in [1.165, 1.54) is 12.1 Å². The third-order valence-electron chi connectivity index (χ3n) is 2.70. The van der Waals surface area contributed by atoms with Crippen LogP contribution in [0.3, 0.4) is 0 Å². The molecule has 0 spiro atoms. The van der Waals surface area contributed by atoms with E-state index >= 15 is 0 Å². The third-order valence-corrected chi connectivity index (χ3v) is 2.70. The zero-order chi connectivity index (χ0) is 15.1. The minimum absolute atomic E-state index is 0.241. The van der Waals surface area contributed by atoms with Crippen molar-refractivity contribution >= 4 is 5.97 Å². The van der Waals surface area contributed by atoms with Gasteiger partial charge in [-0.2, -0.15) is 0 Å². The van der Waals surface area contributed by atoms with Crippen molar-refractivity contribution in [3.63, 3.8) is 0 Å². The van der Waals surface area contributed by atoms with Crippen molar-refractivity contribution in [2.45, 2.75) is 0 Å². The largest absolute Gasteiger partial charge is 0.497 e. The molecule has 0 saturated carbocycles. The topological polar surface area (TPSA) is 46.5 Å². The summed E-state index contributed by atoms with van der Waals surface area (Å²) in [6.07, 6.45) is 0. The van der Waals surface area contributed by atoms with Gasteiger partial charge in [-0.05, 0) is 60.4 Å². The summed E-state index contributed by atoms with van der Waals surface area (Å²) in [4.78, 5) is 10.7. The highest BCUT2D eigenvalue weighted by atomic mass is 16.5. The SMILES string of the molecule is COc1ccc(C#CC#Cc2ccc(C(=O)O)cc2)cc1. The summed E-state index contributed by atoms with van der Waals surface area (Å²) in [6, 6.07) is 13.7. The number of carbonyl (C=O) groups is 1. The first-order chi connectivity index (χ1) is 10.2. The Morgan fingerprint density at radius 3 is 1.81 bits per heavy atom. The molecule has 102 valence electrons. The molecule has 0 fully saturated rings. The van der Waals surface area contributed by atoms with E-state index in [4.69, 9.17) is 9.84 Å². The summed E-state index contributed by atoms with van der Waals surface area (Å²) in [5, 5.41) is 8.79. The Morgan fingerprint density at radius 1 is 0.905 bits per heavy atom. The first-order valence-electron chi connectivity index (χ1n) is 6.18. The van der Waals surface area contributed by atoms with Gasteiger partial charge >= 0.3 is 5.97 Å². The maximum absolute atomic E-state index is 10.7. The molecule has 0 atom stereocenters. The van der Waals surface area contributed by atoms with Gasteiger partial charge in [-0.15, -0.1) is 0 Å². The number of aromatic carboxylic acids is 1. The molecule has 21 heavy (non-hydrogen) atoms. The Kier molecular flexibility index (Phi) is 4.64. The lowest BCUT2D eigenvalue weighted by Crippen LogP contribution is -1.94. The second-order valence-electron chi connectivity index (χ2n) is 4.11. The second kappa shape index (κ2) is 6.84. The zero-order valence-corrected chi connectivity index (χ0v) is 11.4. The number of benzene rings is 2. The molecule has 0 aliphatic carbocycles. The van der Waals surface area contributed by atoms with Gasteiger partial charge in [0.15, 0.2) is 0 Å². The van der Waals surface area contributed by atoms with E-state index in [0.29, 0.717) is 0 Å². The van der Waals surface area contributed by atoms with Crippen LogP contribution >= 0.6 is 0 Å². The van der Waals surface area contributed by atoms with Gasteiger partial charge in [0.05, 0.1) is 12.7 Å². The minimum Gasteiger partial charge on any atom is -0.497 e. The smallest absolute Gasteiger partial charge is 0.335 e. The van der Waals surface area contributed by atoms with E-state index in [2.05, 4.69) is 23.7 Å². The molecule has 3 nitrogen and oxygen atoms in total. The first kappa shape index (κ1) is 14.2. The predicted octanol–water partition coefficient (Wildman–Crippen LogP) is 2.80. The number of carboxylic acid groups (broad SMARTS) is 1. The molecule has 2 aromatic carbocycles. The Labute approximate surface area is 123 Å². The van der Waals surface area contributed by atoms with E-state index in [-0.39, 0.29) is 5.56 Å². The predicted molar refractivity (Wildman–Crippen MR) is 80.2 cm³/mol. The van der Waals surface area contributed by atoms with Crippen molar-refractivity contribution in [1.82, 2.24) is 0 Å². The highest BCUT2D eigenvalue weighted by Crippen LogP contribution is 2.10. The van der Waals surface area contributed by atoms with E-state index < -0.39 is 5.97 Å². The van der Waals surface area contributed by atoms with Gasteiger partial charge in [-0.1, -0.05) is 11.8 Å². The van der Waals surface area contributed by atoms with Gasteiger partial charge < -0.3 is 9.84 Å². The van der Waals surface area contributed by atoms with Gasteiger partial charge in [0, 0.05) is 11.1 Å². The van der Waals surface area contributed by atoms with Gasteiger partial charge in [-0.3, -0.25) is 0 Å². The molecule has 2 rings (SSSR count). The number of methoxy groups -OCH3 is 1. The van der Waals surface area contributed by atoms with Gasteiger partial charge in [0.25, 0.3) is 0 Å². The van der Waals surface area contributed by atoms with Crippen LogP contribution < -0.4 is 4.74 Å². The van der Waals surface area contributed by atoms with Crippen LogP contribution in [0.25, 0.3) is 0 Å². The molecule has 0 saturated heterocycles. The van der Waals surface area contributed by atoms with Crippen molar-refractivity contribution < 1.29 is 14.6 Å². The Morgan fingerprint density at radius 2 is 1.38 bits per heavy atom. The van der Waals surface area contributed by atoms with Gasteiger partial charge in [0.1, 0.15) is 5.75 Å². The molecule has 1 N–H and O–H groups in total. The van der Waals surface area contributed by atoms with E-state index in [1.54, 1.807) is 19.2 Å². The maximum atomic E-state index is 10.7. The number of hydrogen-bond acceptors (Lipinski definition) is 2. The summed E-state index contributed by atoms with van der Waals surface area (Å²) >= 11 is 0. The molecule has 0 radical (unpaired) electrons. The average Bonchev–Trinajstić information content (AvgIpc) is 2.52. The molecule has 0 aliphatic rings. The van der Waals surface area contributed by atoms with Crippen molar-refractivity contribution in [3.05, 3.63) is 65.2 Å². The maximum Gasteiger partial charge on any atom is 0.335 e. The van der Waals surface area contributed by atoms with Crippen LogP contribution in [0.15, 0.2) is 48.5 Å². The van der Waals surface area contributed by atoms with Crippen LogP contribution in [0.4, 0.5) is 0 Å². The number of ether oxygens (including phenoxy) is 1. The van der Waals surface area contributed by atoms with Crippen LogP contribution in [0, 0.1) is 23.7 Å². The fraction of sp³-hybridized carbons (Fsp3) is 0.0556. The number of carboxylic acids is 1. The highest BCUT2D eigenvalue weighted by molar-refractivity contribution is 5.87. The highest BCUT2D eigenvalue weighted by Gasteiger charge is 1.99. The number of rotatable bonds is 2. The summed E-state index contributed by atoms with van der Waals surface area (Å²) in [5.74, 6) is 11.1. The molecule has 0 bridgehead atoms. The Hall–Kier alpha value is -3.17. The summed E-state index contributed by atoms with van der Waals surface area (Å²) < 4.78 is 5.06. The second-order valence-corrected chi connectivity index (χ2v) is 4.11. The summed E-state index contributed by atoms with van der Waals surface area (Å²) in [7, 11) is 1.61. The Balaban J connectivity index is 2.06. The summed E-state index contributed by atoms with van der Waals surface area (Å²) in [5.41, 5.74) is 1.82. The Bertz CT molecular complexity index is 749. The standard InChI is InChI=1S/C18H12O3/c1-21-17-12-8-15(9-13-17)5-3-2-4-14-6-10-16(11-7-14)18(19)20/h6-13H,1H3,(H,19,20). The molecule has 0 aromatic heterocycles. The molecule has 0 amide bonds. The van der Waals surface area contributed by atoms with Crippen LogP contribution in [0.2, 0.25) is 0 Å². The molecular formula is C18H12O3. The third kappa shape index (κ3) is 4.16. The molecule has 2 aromatic rings. The van der Waals surface area contributed by atoms with Gasteiger partial charge in [0.2, 0.25) is 0 Å². The van der Waals surface area contributed by atoms with Crippen LogP contribution in [0.1, 0.15) is 21.5 Å². The average molecular weight is 276 g/mol. The molecular weight excluding hydrogens is 264 g/mol. The van der Waals surface area contributed by atoms with E-state index in [0.717, 1.165) is 16.9 Å². The quantitative estimate of drug-likeness (QED) is 0.858. The minimum atomic E-state index is -0.950. The van der Waals surface area contributed by atoms with Crippen molar-refractivity contribution in [2.24, 2.45) is 0 Å². The molecule has 0 heterocycles. The van der Waals surface area contributed by atoms with Crippen LogP contribution in [-0.4, -0.2) is 18.2 Å². The number of hydrogen-bond donors (Lipinski definition) is 1.